The minimum atomic E-state index is -0.621. The number of nitrogens with one attached hydrogen (secondary N) is 1. The van der Waals surface area contributed by atoms with E-state index in [1.807, 2.05) is 57.2 Å². The van der Waals surface area contributed by atoms with Crippen LogP contribution in [0.1, 0.15) is 26.5 Å². The molecule has 2 aromatic heterocycles. The molecule has 0 amide bonds. The number of H-pyrrole nitrogens is 1. The van der Waals surface area contributed by atoms with Crippen LogP contribution in [-0.4, -0.2) is 68.9 Å². The molecule has 0 atom stereocenters. The van der Waals surface area contributed by atoms with Gasteiger partial charge in [0, 0.05) is 49.1 Å². The van der Waals surface area contributed by atoms with Crippen molar-refractivity contribution in [3.05, 3.63) is 69.0 Å². The number of ether oxygens (including phenoxy) is 2. The second-order valence-electron chi connectivity index (χ2n) is 10.2. The molecule has 0 aliphatic carbocycles. The third kappa shape index (κ3) is 4.94. The molecule has 2 aromatic carbocycles. The summed E-state index contributed by atoms with van der Waals surface area (Å²) in [6.45, 7) is 10.7. The van der Waals surface area contributed by atoms with Gasteiger partial charge in [-0.2, -0.15) is 10.2 Å². The van der Waals surface area contributed by atoms with Crippen LogP contribution in [0.25, 0.3) is 27.8 Å². The first-order valence-electron chi connectivity index (χ1n) is 12.5. The molecule has 0 saturated carbocycles. The van der Waals surface area contributed by atoms with Gasteiger partial charge in [-0.05, 0) is 17.5 Å². The average molecular weight is 505 g/mol. The van der Waals surface area contributed by atoms with Crippen LogP contribution < -0.4 is 16.0 Å². The van der Waals surface area contributed by atoms with Gasteiger partial charge in [0.05, 0.1) is 18.9 Å². The number of morpholine rings is 1. The van der Waals surface area contributed by atoms with E-state index in [9.17, 15) is 9.59 Å². The van der Waals surface area contributed by atoms with E-state index in [0.717, 1.165) is 59.6 Å². The lowest BCUT2D eigenvalue weighted by molar-refractivity contribution is 0.0323. The molecule has 0 spiro atoms. The Kier molecular flexibility index (Phi) is 6.70. The number of aromatic amines is 1. The van der Waals surface area contributed by atoms with E-state index in [1.54, 1.807) is 17.8 Å². The summed E-state index contributed by atoms with van der Waals surface area (Å²) in [5, 5.41) is 12.9. The van der Waals surface area contributed by atoms with E-state index in [1.165, 1.54) is 0 Å². The zero-order chi connectivity index (χ0) is 26.2. The van der Waals surface area contributed by atoms with Crippen molar-refractivity contribution < 1.29 is 9.47 Å². The number of rotatable bonds is 6. The van der Waals surface area contributed by atoms with E-state index in [-0.39, 0.29) is 11.1 Å². The van der Waals surface area contributed by atoms with Crippen LogP contribution in [0, 0.1) is 0 Å². The van der Waals surface area contributed by atoms with Crippen LogP contribution in [0.2, 0.25) is 0 Å². The molecule has 5 rings (SSSR count). The number of nitrogens with zero attached hydrogens (tertiary/aromatic N) is 5. The van der Waals surface area contributed by atoms with Crippen molar-refractivity contribution in [2.45, 2.75) is 26.2 Å². The summed E-state index contributed by atoms with van der Waals surface area (Å²) in [6.07, 6.45) is 0. The second-order valence-corrected chi connectivity index (χ2v) is 10.2. The zero-order valence-electron chi connectivity index (χ0n) is 21.7. The second kappa shape index (κ2) is 9.95. The largest absolute Gasteiger partial charge is 0.492 e. The fourth-order valence-corrected chi connectivity index (χ4v) is 4.53. The molecule has 1 N–H and O–H groups in total. The topological polar surface area (TPSA) is 107 Å². The predicted molar refractivity (Wildman–Crippen MR) is 142 cm³/mol. The van der Waals surface area contributed by atoms with Gasteiger partial charge in [-0.15, -0.1) is 0 Å². The number of aromatic nitrogens is 5. The number of fused-ring (bicyclic) bond motifs is 1. The lowest BCUT2D eigenvalue weighted by atomic mass is 9.92. The van der Waals surface area contributed by atoms with E-state index in [4.69, 9.17) is 9.47 Å². The average Bonchev–Trinajstić information content (AvgIpc) is 3.27. The fourth-order valence-electron chi connectivity index (χ4n) is 4.53. The molecule has 10 heteroatoms. The van der Waals surface area contributed by atoms with E-state index in [0.29, 0.717) is 18.0 Å². The summed E-state index contributed by atoms with van der Waals surface area (Å²) >= 11 is 0. The lowest BCUT2D eigenvalue weighted by Gasteiger charge is -2.26. The number of hydrogen-bond donors (Lipinski definition) is 1. The van der Waals surface area contributed by atoms with Crippen LogP contribution in [0.15, 0.2) is 52.1 Å². The van der Waals surface area contributed by atoms with Gasteiger partial charge in [0.15, 0.2) is 5.69 Å². The minimum Gasteiger partial charge on any atom is -0.492 e. The SMILES string of the molecule is Cn1nc(C(C)(C)C)cc1-n1c(=O)[nH]nc(-c2ccc(OCCN3CCOCC3)c3ccccc23)c1=O. The summed E-state index contributed by atoms with van der Waals surface area (Å²) in [5.41, 5.74) is 0.163. The first-order valence-corrected chi connectivity index (χ1v) is 12.5. The summed E-state index contributed by atoms with van der Waals surface area (Å²) < 4.78 is 14.2. The van der Waals surface area contributed by atoms with Crippen molar-refractivity contribution >= 4 is 10.8 Å². The van der Waals surface area contributed by atoms with Gasteiger partial charge in [0.25, 0.3) is 5.56 Å². The van der Waals surface area contributed by atoms with Crippen molar-refractivity contribution in [1.29, 1.82) is 0 Å². The smallest absolute Gasteiger partial charge is 0.350 e. The standard InChI is InChI=1S/C27H32N6O4/c1-27(2,3)22-17-23(31(4)30-22)33-25(34)24(28-29-26(33)35)20-9-10-21(19-8-6-5-7-18(19)20)37-16-13-32-11-14-36-15-12-32/h5-10,17H,11-16H2,1-4H3,(H,29,35). The number of aryl methyl sites for hydroxylation is 1. The van der Waals surface area contributed by atoms with Gasteiger partial charge >= 0.3 is 5.69 Å². The quantitative estimate of drug-likeness (QED) is 0.430. The fraction of sp³-hybridized carbons (Fsp3) is 0.407. The molecule has 0 radical (unpaired) electrons. The van der Waals surface area contributed by atoms with Crippen LogP contribution in [0.5, 0.6) is 5.75 Å². The number of hydrogen-bond acceptors (Lipinski definition) is 7. The molecular weight excluding hydrogens is 472 g/mol. The van der Waals surface area contributed by atoms with Gasteiger partial charge in [0.2, 0.25) is 0 Å². The van der Waals surface area contributed by atoms with Crippen LogP contribution in [0.3, 0.4) is 0 Å². The monoisotopic (exact) mass is 504 g/mol. The minimum absolute atomic E-state index is 0.147. The molecule has 194 valence electrons. The molecule has 1 saturated heterocycles. The first kappa shape index (κ1) is 24.9. The molecule has 4 aromatic rings. The predicted octanol–water partition coefficient (Wildman–Crippen LogP) is 2.48. The zero-order valence-corrected chi connectivity index (χ0v) is 21.7. The van der Waals surface area contributed by atoms with E-state index < -0.39 is 11.2 Å². The Morgan fingerprint density at radius 1 is 1.05 bits per heavy atom. The molecule has 1 aliphatic heterocycles. The maximum Gasteiger partial charge on any atom is 0.350 e. The Labute approximate surface area is 214 Å². The molecule has 1 aliphatic rings. The molecule has 1 fully saturated rings. The van der Waals surface area contributed by atoms with Gasteiger partial charge < -0.3 is 9.47 Å². The maximum absolute atomic E-state index is 13.7. The Morgan fingerprint density at radius 3 is 2.49 bits per heavy atom. The van der Waals surface area contributed by atoms with Crippen molar-refractivity contribution in [1.82, 2.24) is 29.4 Å². The molecule has 3 heterocycles. The van der Waals surface area contributed by atoms with Gasteiger partial charge in [0.1, 0.15) is 18.2 Å². The summed E-state index contributed by atoms with van der Waals surface area (Å²) in [7, 11) is 1.72. The highest BCUT2D eigenvalue weighted by Crippen LogP contribution is 2.32. The molecule has 10 nitrogen and oxygen atoms in total. The highest BCUT2D eigenvalue weighted by atomic mass is 16.5. The third-order valence-corrected chi connectivity index (χ3v) is 6.63. The molecule has 0 bridgehead atoms. The normalized spacial score (nSPS) is 14.8. The molecule has 0 unspecified atom stereocenters. The van der Waals surface area contributed by atoms with Gasteiger partial charge in [-0.1, -0.05) is 45.0 Å². The highest BCUT2D eigenvalue weighted by molar-refractivity contribution is 5.99. The lowest BCUT2D eigenvalue weighted by Crippen LogP contribution is -2.38. The van der Waals surface area contributed by atoms with Crippen LogP contribution >= 0.6 is 0 Å². The Bertz CT molecular complexity index is 1540. The summed E-state index contributed by atoms with van der Waals surface area (Å²) in [6, 6.07) is 13.2. The maximum atomic E-state index is 13.7. The van der Waals surface area contributed by atoms with Gasteiger partial charge in [-0.25, -0.2) is 14.5 Å². The van der Waals surface area contributed by atoms with Crippen molar-refractivity contribution in [3.8, 4) is 22.8 Å². The Balaban J connectivity index is 1.53. The number of benzene rings is 2. The molecule has 37 heavy (non-hydrogen) atoms. The van der Waals surface area contributed by atoms with E-state index in [2.05, 4.69) is 20.2 Å². The van der Waals surface area contributed by atoms with Crippen LogP contribution in [0.4, 0.5) is 0 Å². The van der Waals surface area contributed by atoms with E-state index >= 15 is 0 Å². The highest BCUT2D eigenvalue weighted by Gasteiger charge is 2.23. The third-order valence-electron chi connectivity index (χ3n) is 6.63. The first-order chi connectivity index (χ1) is 17.7. The summed E-state index contributed by atoms with van der Waals surface area (Å²) in [4.78, 5) is 28.8. The van der Waals surface area contributed by atoms with Gasteiger partial charge in [-0.3, -0.25) is 14.4 Å². The van der Waals surface area contributed by atoms with Crippen molar-refractivity contribution in [3.63, 3.8) is 0 Å². The van der Waals surface area contributed by atoms with Crippen LogP contribution in [-0.2, 0) is 17.2 Å². The Morgan fingerprint density at radius 2 is 1.78 bits per heavy atom. The van der Waals surface area contributed by atoms with Crippen molar-refractivity contribution in [2.24, 2.45) is 7.05 Å². The van der Waals surface area contributed by atoms with Crippen molar-refractivity contribution in [2.75, 3.05) is 39.5 Å². The summed E-state index contributed by atoms with van der Waals surface area (Å²) in [5.74, 6) is 1.12. The molecular formula is C27H32N6O4. The Hall–Kier alpha value is -3.76.